The molecule has 1 aliphatic rings. The average Bonchev–Trinajstić information content (AvgIpc) is 2.94. The third-order valence-corrected chi connectivity index (χ3v) is 3.78. The lowest BCUT2D eigenvalue weighted by molar-refractivity contribution is 0.196. The van der Waals surface area contributed by atoms with E-state index < -0.39 is 6.03 Å². The molecule has 2 aromatic carbocycles. The van der Waals surface area contributed by atoms with E-state index in [0.29, 0.717) is 6.42 Å². The molecule has 0 aromatic heterocycles. The third-order valence-electron chi connectivity index (χ3n) is 3.78. The van der Waals surface area contributed by atoms with Crippen LogP contribution in [0.25, 0.3) is 0 Å². The standard InChI is InChI=1S/C17H16FN3O/c1-11-2-4-13(5-3-11)16-10-15(20-21(16)17(19)22)12-6-8-14(18)9-7-12/h2-9,16H,10H2,1H3,(H2,19,22). The molecule has 2 N–H and O–H groups in total. The Morgan fingerprint density at radius 2 is 1.82 bits per heavy atom. The Morgan fingerprint density at radius 1 is 1.18 bits per heavy atom. The van der Waals surface area contributed by atoms with Crippen LogP contribution in [0.15, 0.2) is 53.6 Å². The molecule has 1 heterocycles. The summed E-state index contributed by atoms with van der Waals surface area (Å²) in [4.78, 5) is 11.7. The summed E-state index contributed by atoms with van der Waals surface area (Å²) >= 11 is 0. The van der Waals surface area contributed by atoms with Gasteiger partial charge < -0.3 is 5.73 Å². The molecule has 4 nitrogen and oxygen atoms in total. The summed E-state index contributed by atoms with van der Waals surface area (Å²) < 4.78 is 13.0. The van der Waals surface area contributed by atoms with Gasteiger partial charge in [0.25, 0.3) is 0 Å². The predicted octanol–water partition coefficient (Wildman–Crippen LogP) is 3.36. The van der Waals surface area contributed by atoms with Crippen molar-refractivity contribution < 1.29 is 9.18 Å². The molecule has 0 saturated carbocycles. The quantitative estimate of drug-likeness (QED) is 0.907. The lowest BCUT2D eigenvalue weighted by atomic mass is 9.98. The first-order valence-electron chi connectivity index (χ1n) is 7.03. The second-order valence-electron chi connectivity index (χ2n) is 5.37. The Labute approximate surface area is 128 Å². The Hall–Kier alpha value is -2.69. The molecule has 1 unspecified atom stereocenters. The molecular weight excluding hydrogens is 281 g/mol. The first-order chi connectivity index (χ1) is 10.5. The normalized spacial score (nSPS) is 17.5. The number of primary amides is 1. The van der Waals surface area contributed by atoms with Crippen LogP contribution < -0.4 is 5.73 Å². The zero-order valence-electron chi connectivity index (χ0n) is 12.2. The molecule has 2 amide bonds. The van der Waals surface area contributed by atoms with Gasteiger partial charge in [-0.15, -0.1) is 0 Å². The first kappa shape index (κ1) is 14.3. The Morgan fingerprint density at radius 3 is 2.41 bits per heavy atom. The van der Waals surface area contributed by atoms with Crippen molar-refractivity contribution in [2.24, 2.45) is 10.8 Å². The molecule has 3 rings (SSSR count). The second kappa shape index (κ2) is 5.60. The highest BCUT2D eigenvalue weighted by Gasteiger charge is 2.31. The highest BCUT2D eigenvalue weighted by atomic mass is 19.1. The van der Waals surface area contributed by atoms with Crippen LogP contribution >= 0.6 is 0 Å². The Kier molecular flexibility index (Phi) is 3.63. The number of halogens is 1. The van der Waals surface area contributed by atoms with Gasteiger partial charge in [0.05, 0.1) is 11.8 Å². The Bertz CT molecular complexity index is 723. The molecule has 112 valence electrons. The summed E-state index contributed by atoms with van der Waals surface area (Å²) in [5.74, 6) is -0.302. The van der Waals surface area contributed by atoms with Crippen molar-refractivity contribution in [2.75, 3.05) is 0 Å². The number of rotatable bonds is 2. The van der Waals surface area contributed by atoms with Crippen LogP contribution in [-0.4, -0.2) is 16.8 Å². The number of carbonyl (C=O) groups excluding carboxylic acids is 1. The lowest BCUT2D eigenvalue weighted by Crippen LogP contribution is -2.31. The number of carbonyl (C=O) groups is 1. The average molecular weight is 297 g/mol. The zero-order valence-corrected chi connectivity index (χ0v) is 12.2. The van der Waals surface area contributed by atoms with Gasteiger partial charge in [-0.2, -0.15) is 5.10 Å². The van der Waals surface area contributed by atoms with Crippen molar-refractivity contribution >= 4 is 11.7 Å². The SMILES string of the molecule is Cc1ccc(C2CC(c3ccc(F)cc3)=NN2C(N)=O)cc1. The van der Waals surface area contributed by atoms with E-state index in [-0.39, 0.29) is 11.9 Å². The van der Waals surface area contributed by atoms with Crippen LogP contribution in [0.3, 0.4) is 0 Å². The second-order valence-corrected chi connectivity index (χ2v) is 5.37. The number of nitrogens with two attached hydrogens (primary N) is 1. The van der Waals surface area contributed by atoms with Gasteiger partial charge in [-0.25, -0.2) is 14.2 Å². The molecule has 0 saturated heterocycles. The van der Waals surface area contributed by atoms with E-state index in [0.717, 1.165) is 22.4 Å². The van der Waals surface area contributed by atoms with Crippen LogP contribution in [0.2, 0.25) is 0 Å². The van der Waals surface area contributed by atoms with Crippen LogP contribution in [0.1, 0.15) is 29.2 Å². The van der Waals surface area contributed by atoms with Crippen LogP contribution in [0, 0.1) is 12.7 Å². The van der Waals surface area contributed by atoms with Gasteiger partial charge >= 0.3 is 6.03 Å². The van der Waals surface area contributed by atoms with E-state index in [1.165, 1.54) is 17.1 Å². The van der Waals surface area contributed by atoms with E-state index in [4.69, 9.17) is 5.73 Å². The van der Waals surface area contributed by atoms with Gasteiger partial charge in [0, 0.05) is 6.42 Å². The van der Waals surface area contributed by atoms with Crippen molar-refractivity contribution in [1.29, 1.82) is 0 Å². The largest absolute Gasteiger partial charge is 0.350 e. The van der Waals surface area contributed by atoms with Crippen molar-refractivity contribution in [1.82, 2.24) is 5.01 Å². The zero-order chi connectivity index (χ0) is 15.7. The maximum atomic E-state index is 13.0. The van der Waals surface area contributed by atoms with Crippen molar-refractivity contribution in [3.63, 3.8) is 0 Å². The monoisotopic (exact) mass is 297 g/mol. The van der Waals surface area contributed by atoms with Gasteiger partial charge in [0.1, 0.15) is 5.82 Å². The summed E-state index contributed by atoms with van der Waals surface area (Å²) in [5, 5.41) is 5.62. The minimum atomic E-state index is -0.595. The van der Waals surface area contributed by atoms with Crippen LogP contribution in [0.5, 0.6) is 0 Å². The Balaban J connectivity index is 1.92. The molecule has 0 fully saturated rings. The van der Waals surface area contributed by atoms with E-state index in [9.17, 15) is 9.18 Å². The molecule has 22 heavy (non-hydrogen) atoms. The van der Waals surface area contributed by atoms with Crippen LogP contribution in [-0.2, 0) is 0 Å². The maximum absolute atomic E-state index is 13.0. The van der Waals surface area contributed by atoms with E-state index in [2.05, 4.69) is 5.10 Å². The molecule has 0 bridgehead atoms. The minimum absolute atomic E-state index is 0.224. The highest BCUT2D eigenvalue weighted by molar-refractivity contribution is 6.03. The maximum Gasteiger partial charge on any atom is 0.335 e. The fourth-order valence-corrected chi connectivity index (χ4v) is 2.58. The number of benzene rings is 2. The van der Waals surface area contributed by atoms with E-state index >= 15 is 0 Å². The molecule has 0 spiro atoms. The smallest absolute Gasteiger partial charge is 0.335 e. The lowest BCUT2D eigenvalue weighted by Gasteiger charge is -2.19. The van der Waals surface area contributed by atoms with Gasteiger partial charge in [0.15, 0.2) is 0 Å². The van der Waals surface area contributed by atoms with Gasteiger partial charge in [-0.1, -0.05) is 42.0 Å². The summed E-state index contributed by atoms with van der Waals surface area (Å²) in [6, 6.07) is 13.2. The molecule has 1 aliphatic heterocycles. The number of hydrogen-bond donors (Lipinski definition) is 1. The van der Waals surface area contributed by atoms with Crippen LogP contribution in [0.4, 0.5) is 9.18 Å². The summed E-state index contributed by atoms with van der Waals surface area (Å²) in [6.07, 6.45) is 0.553. The van der Waals surface area contributed by atoms with Crippen molar-refractivity contribution in [3.05, 3.63) is 71.0 Å². The number of nitrogens with zero attached hydrogens (tertiary/aromatic N) is 2. The number of amides is 2. The van der Waals surface area contributed by atoms with Crippen molar-refractivity contribution in [2.45, 2.75) is 19.4 Å². The summed E-state index contributed by atoms with van der Waals surface area (Å²) in [6.45, 7) is 2.00. The first-order valence-corrected chi connectivity index (χ1v) is 7.03. The molecule has 5 heteroatoms. The van der Waals surface area contributed by atoms with Gasteiger partial charge in [0.2, 0.25) is 0 Å². The molecule has 2 aromatic rings. The topological polar surface area (TPSA) is 58.7 Å². The van der Waals surface area contributed by atoms with Gasteiger partial charge in [-0.05, 0) is 30.2 Å². The number of urea groups is 1. The summed E-state index contributed by atoms with van der Waals surface area (Å²) in [5.41, 5.74) is 9.08. The summed E-state index contributed by atoms with van der Waals surface area (Å²) in [7, 11) is 0. The minimum Gasteiger partial charge on any atom is -0.350 e. The predicted molar refractivity (Wildman–Crippen MR) is 82.9 cm³/mol. The number of hydrogen-bond acceptors (Lipinski definition) is 2. The van der Waals surface area contributed by atoms with E-state index in [1.54, 1.807) is 12.1 Å². The molecule has 0 radical (unpaired) electrons. The third kappa shape index (κ3) is 2.70. The van der Waals surface area contributed by atoms with E-state index in [1.807, 2.05) is 31.2 Å². The number of aryl methyl sites for hydroxylation is 1. The fourth-order valence-electron chi connectivity index (χ4n) is 2.58. The number of hydrazone groups is 1. The molecular formula is C17H16FN3O. The van der Waals surface area contributed by atoms with Gasteiger partial charge in [-0.3, -0.25) is 0 Å². The fraction of sp³-hybridized carbons (Fsp3) is 0.176. The molecule has 1 atom stereocenters. The highest BCUT2D eigenvalue weighted by Crippen LogP contribution is 2.32. The molecule has 0 aliphatic carbocycles. The van der Waals surface area contributed by atoms with Crippen molar-refractivity contribution in [3.8, 4) is 0 Å².